The maximum atomic E-state index is 13.6. The highest BCUT2D eigenvalue weighted by atomic mass is 16.6. The van der Waals surface area contributed by atoms with E-state index in [-0.39, 0.29) is 12.1 Å². The first-order chi connectivity index (χ1) is 13.4. The summed E-state index contributed by atoms with van der Waals surface area (Å²) in [6, 6.07) is 20.8. The van der Waals surface area contributed by atoms with Crippen molar-refractivity contribution in [3.63, 3.8) is 0 Å². The number of esters is 1. The summed E-state index contributed by atoms with van der Waals surface area (Å²) in [5, 5.41) is 0. The Balaban J connectivity index is 1.42. The molecule has 0 N–H and O–H groups in total. The predicted molar refractivity (Wildman–Crippen MR) is 107 cm³/mol. The van der Waals surface area contributed by atoms with E-state index in [0.29, 0.717) is 24.3 Å². The summed E-state index contributed by atoms with van der Waals surface area (Å²) in [6.45, 7) is 1.98. The van der Waals surface area contributed by atoms with E-state index in [0.717, 1.165) is 28.5 Å². The molecular formula is C24H28NO3+. The highest BCUT2D eigenvalue weighted by molar-refractivity contribution is 5.87. The zero-order chi connectivity index (χ0) is 19.5. The molecule has 0 aliphatic carbocycles. The van der Waals surface area contributed by atoms with Crippen LogP contribution >= 0.6 is 0 Å². The standard InChI is InChI=1S/C24H28NO3/c1-24(16-10-6-4-7-11-16,17-12-8-5-9-13-17)23(26)27-18-14-19-21-22(28-21)20(15-18)25(19,2)3/h4-13,18-22H,14-15H2,1-3H3/q+1/t18?,19?,20?,21-,22?/m1/s1. The van der Waals surface area contributed by atoms with E-state index in [1.54, 1.807) is 0 Å². The molecule has 0 aromatic heterocycles. The Morgan fingerprint density at radius 2 is 1.39 bits per heavy atom. The lowest BCUT2D eigenvalue weighted by molar-refractivity contribution is -0.938. The number of benzene rings is 2. The largest absolute Gasteiger partial charge is 0.461 e. The molecule has 2 bridgehead atoms. The van der Waals surface area contributed by atoms with Gasteiger partial charge in [0.25, 0.3) is 0 Å². The number of nitrogens with zero attached hydrogens (tertiary/aromatic N) is 1. The van der Waals surface area contributed by atoms with Gasteiger partial charge in [0.2, 0.25) is 0 Å². The molecule has 3 aliphatic rings. The third kappa shape index (κ3) is 2.55. The molecule has 5 rings (SSSR count). The van der Waals surface area contributed by atoms with Gasteiger partial charge in [0.05, 0.1) is 14.1 Å². The second kappa shape index (κ2) is 6.16. The van der Waals surface area contributed by atoms with Gasteiger partial charge in [-0.05, 0) is 18.1 Å². The molecule has 2 aromatic rings. The quantitative estimate of drug-likeness (QED) is 0.466. The molecule has 0 amide bonds. The first kappa shape index (κ1) is 17.9. The van der Waals surface area contributed by atoms with Crippen LogP contribution in [0.1, 0.15) is 30.9 Å². The second-order valence-electron chi connectivity index (χ2n) is 9.18. The van der Waals surface area contributed by atoms with E-state index in [1.165, 1.54) is 0 Å². The van der Waals surface area contributed by atoms with E-state index in [2.05, 4.69) is 14.1 Å². The van der Waals surface area contributed by atoms with Crippen molar-refractivity contribution >= 4 is 5.97 Å². The Labute approximate surface area is 166 Å². The predicted octanol–water partition coefficient (Wildman–Crippen LogP) is 3.29. The molecule has 3 aliphatic heterocycles. The Morgan fingerprint density at radius 1 is 0.929 bits per heavy atom. The number of hydrogen-bond donors (Lipinski definition) is 0. The number of fused-ring (bicyclic) bond motifs is 5. The van der Waals surface area contributed by atoms with Gasteiger partial charge in [0.1, 0.15) is 35.8 Å². The number of ether oxygens (including phenoxy) is 2. The Hall–Kier alpha value is -2.17. The molecule has 146 valence electrons. The van der Waals surface area contributed by atoms with Crippen molar-refractivity contribution in [1.82, 2.24) is 0 Å². The van der Waals surface area contributed by atoms with Crippen LogP contribution in [0.4, 0.5) is 0 Å². The fourth-order valence-electron chi connectivity index (χ4n) is 5.52. The van der Waals surface area contributed by atoms with E-state index >= 15 is 0 Å². The SMILES string of the molecule is CC(C(=O)OC1CC2C3O[C@@H]3C(C1)[N+]2(C)C)(c1ccccc1)c1ccccc1. The number of likely N-dealkylation sites (N-methyl/N-ethyl adjacent to an activating group) is 1. The zero-order valence-corrected chi connectivity index (χ0v) is 16.7. The first-order valence-electron chi connectivity index (χ1n) is 10.2. The fraction of sp³-hybridized carbons (Fsp3) is 0.458. The topological polar surface area (TPSA) is 38.8 Å². The normalized spacial score (nSPS) is 32.5. The summed E-state index contributed by atoms with van der Waals surface area (Å²) in [6.07, 6.45) is 2.46. The molecule has 5 atom stereocenters. The lowest BCUT2D eigenvalue weighted by Gasteiger charge is -2.45. The van der Waals surface area contributed by atoms with Gasteiger partial charge < -0.3 is 14.0 Å². The minimum Gasteiger partial charge on any atom is -0.461 e. The van der Waals surface area contributed by atoms with Crippen molar-refractivity contribution in [2.24, 2.45) is 0 Å². The number of piperidine rings is 1. The molecule has 3 saturated heterocycles. The van der Waals surface area contributed by atoms with Crippen LogP contribution in [0.3, 0.4) is 0 Å². The smallest absolute Gasteiger partial charge is 0.321 e. The van der Waals surface area contributed by atoms with E-state index in [1.807, 2.05) is 67.6 Å². The molecule has 0 spiro atoms. The lowest BCUT2D eigenvalue weighted by atomic mass is 9.76. The number of hydrogen-bond acceptors (Lipinski definition) is 3. The number of epoxide rings is 1. The summed E-state index contributed by atoms with van der Waals surface area (Å²) in [4.78, 5) is 13.6. The first-order valence-corrected chi connectivity index (χ1v) is 10.2. The van der Waals surface area contributed by atoms with Crippen LogP contribution in [0.25, 0.3) is 0 Å². The molecular weight excluding hydrogens is 350 g/mol. The molecule has 4 heteroatoms. The summed E-state index contributed by atoms with van der Waals surface area (Å²) < 4.78 is 13.1. The van der Waals surface area contributed by atoms with Crippen molar-refractivity contribution < 1.29 is 18.8 Å². The number of rotatable bonds is 4. The van der Waals surface area contributed by atoms with Gasteiger partial charge in [-0.1, -0.05) is 60.7 Å². The van der Waals surface area contributed by atoms with Crippen LogP contribution < -0.4 is 0 Å². The Kier molecular flexibility index (Phi) is 3.94. The lowest BCUT2D eigenvalue weighted by Crippen LogP contribution is -2.60. The molecule has 2 aromatic carbocycles. The molecule has 0 saturated carbocycles. The summed E-state index contributed by atoms with van der Waals surface area (Å²) in [5.41, 5.74) is 1.11. The minimum absolute atomic E-state index is 0.0307. The maximum Gasteiger partial charge on any atom is 0.321 e. The minimum atomic E-state index is -0.817. The van der Waals surface area contributed by atoms with Crippen molar-refractivity contribution in [2.45, 2.75) is 55.6 Å². The van der Waals surface area contributed by atoms with Gasteiger partial charge in [-0.15, -0.1) is 0 Å². The number of carbonyl (C=O) groups is 1. The van der Waals surface area contributed by atoms with Gasteiger partial charge in [0, 0.05) is 12.8 Å². The Bertz CT molecular complexity index is 820. The summed E-state index contributed by atoms with van der Waals surface area (Å²) in [7, 11) is 4.59. The van der Waals surface area contributed by atoms with Crippen LogP contribution in [0.15, 0.2) is 60.7 Å². The van der Waals surface area contributed by atoms with Crippen LogP contribution in [-0.4, -0.2) is 54.9 Å². The van der Waals surface area contributed by atoms with Gasteiger partial charge in [-0.3, -0.25) is 4.79 Å². The van der Waals surface area contributed by atoms with Gasteiger partial charge in [0.15, 0.2) is 0 Å². The van der Waals surface area contributed by atoms with Gasteiger partial charge in [-0.2, -0.15) is 0 Å². The highest BCUT2D eigenvalue weighted by Gasteiger charge is 2.70. The summed E-state index contributed by atoms with van der Waals surface area (Å²) >= 11 is 0. The highest BCUT2D eigenvalue weighted by Crippen LogP contribution is 2.52. The average molecular weight is 378 g/mol. The van der Waals surface area contributed by atoms with Crippen LogP contribution in [0, 0.1) is 0 Å². The molecule has 3 fully saturated rings. The Morgan fingerprint density at radius 3 is 1.86 bits per heavy atom. The van der Waals surface area contributed by atoms with Crippen LogP contribution in [-0.2, 0) is 19.7 Å². The van der Waals surface area contributed by atoms with Gasteiger partial charge in [-0.25, -0.2) is 0 Å². The molecule has 28 heavy (non-hydrogen) atoms. The third-order valence-corrected chi connectivity index (χ3v) is 7.42. The van der Waals surface area contributed by atoms with Gasteiger partial charge >= 0.3 is 5.97 Å². The van der Waals surface area contributed by atoms with E-state index in [9.17, 15) is 4.79 Å². The number of carbonyl (C=O) groups excluding carboxylic acids is 1. The van der Waals surface area contributed by atoms with Crippen LogP contribution in [0.2, 0.25) is 0 Å². The van der Waals surface area contributed by atoms with Crippen molar-refractivity contribution in [3.05, 3.63) is 71.8 Å². The van der Waals surface area contributed by atoms with E-state index in [4.69, 9.17) is 9.47 Å². The third-order valence-electron chi connectivity index (χ3n) is 7.42. The monoisotopic (exact) mass is 378 g/mol. The number of quaternary nitrogens is 1. The summed E-state index contributed by atoms with van der Waals surface area (Å²) in [5.74, 6) is -0.156. The van der Waals surface area contributed by atoms with Crippen molar-refractivity contribution in [1.29, 1.82) is 0 Å². The zero-order valence-electron chi connectivity index (χ0n) is 16.7. The van der Waals surface area contributed by atoms with Crippen molar-refractivity contribution in [2.75, 3.05) is 14.1 Å². The average Bonchev–Trinajstić information content (AvgIpc) is 3.47. The second-order valence-corrected chi connectivity index (χ2v) is 9.18. The maximum absolute atomic E-state index is 13.6. The number of morpholine rings is 1. The molecule has 3 heterocycles. The fourth-order valence-corrected chi connectivity index (χ4v) is 5.52. The van der Waals surface area contributed by atoms with Crippen LogP contribution in [0.5, 0.6) is 0 Å². The molecule has 4 nitrogen and oxygen atoms in total. The van der Waals surface area contributed by atoms with Crippen molar-refractivity contribution in [3.8, 4) is 0 Å². The van der Waals surface area contributed by atoms with E-state index < -0.39 is 5.41 Å². The molecule has 4 unspecified atom stereocenters. The molecule has 0 radical (unpaired) electrons.